The van der Waals surface area contributed by atoms with Crippen LogP contribution >= 0.6 is 0 Å². The lowest BCUT2D eigenvalue weighted by Crippen LogP contribution is -2.23. The Hall–Kier alpha value is -0.830. The topological polar surface area (TPSA) is 38.1 Å². The van der Waals surface area contributed by atoms with Crippen LogP contribution in [0.2, 0.25) is 0 Å². The maximum Gasteiger partial charge on any atom is 0.208 e. The summed E-state index contributed by atoms with van der Waals surface area (Å²) in [6.45, 7) is 8.07. The molecular weight excluding hydrogens is 188 g/mol. The van der Waals surface area contributed by atoms with Gasteiger partial charge in [-0.1, -0.05) is 6.92 Å². The van der Waals surface area contributed by atoms with Crippen LogP contribution in [-0.4, -0.2) is 11.5 Å². The molecular formula is C12H20N2O. The van der Waals surface area contributed by atoms with Crippen molar-refractivity contribution in [2.45, 2.75) is 46.6 Å². The zero-order chi connectivity index (χ0) is 10.9. The Labute approximate surface area is 91.3 Å². The summed E-state index contributed by atoms with van der Waals surface area (Å²) >= 11 is 0. The number of hydrogen-bond donors (Lipinski definition) is 1. The monoisotopic (exact) mass is 208 g/mol. The van der Waals surface area contributed by atoms with Gasteiger partial charge in [-0.15, -0.1) is 0 Å². The zero-order valence-corrected chi connectivity index (χ0v) is 9.89. The summed E-state index contributed by atoms with van der Waals surface area (Å²) in [5.41, 5.74) is 1.60. The van der Waals surface area contributed by atoms with Gasteiger partial charge < -0.3 is 9.73 Å². The molecule has 0 saturated heterocycles. The van der Waals surface area contributed by atoms with Crippen LogP contribution in [0.4, 0.5) is 0 Å². The van der Waals surface area contributed by atoms with Crippen molar-refractivity contribution in [1.82, 2.24) is 10.3 Å². The van der Waals surface area contributed by atoms with Gasteiger partial charge in [0.05, 0.1) is 12.2 Å². The van der Waals surface area contributed by atoms with E-state index in [0.717, 1.165) is 30.4 Å². The van der Waals surface area contributed by atoms with Gasteiger partial charge in [-0.25, -0.2) is 4.98 Å². The van der Waals surface area contributed by atoms with Crippen LogP contribution < -0.4 is 5.32 Å². The average Bonchev–Trinajstić information content (AvgIpc) is 2.91. The predicted molar refractivity (Wildman–Crippen MR) is 59.6 cm³/mol. The first-order valence-corrected chi connectivity index (χ1v) is 5.79. The van der Waals surface area contributed by atoms with Crippen molar-refractivity contribution in [3.8, 4) is 0 Å². The van der Waals surface area contributed by atoms with Crippen LogP contribution in [0.1, 0.15) is 43.5 Å². The molecule has 3 nitrogen and oxygen atoms in total. The highest BCUT2D eigenvalue weighted by molar-refractivity contribution is 5.05. The number of nitrogens with one attached hydrogen (secondary N) is 1. The third-order valence-electron chi connectivity index (χ3n) is 3.56. The van der Waals surface area contributed by atoms with Crippen LogP contribution in [0.25, 0.3) is 0 Å². The highest BCUT2D eigenvalue weighted by Crippen LogP contribution is 2.47. The summed E-state index contributed by atoms with van der Waals surface area (Å²) in [5.74, 6) is 1.75. The predicted octanol–water partition coefficient (Wildman–Crippen LogP) is 2.57. The normalized spacial score (nSPS) is 18.1. The first kappa shape index (κ1) is 10.7. The first-order valence-electron chi connectivity index (χ1n) is 5.79. The van der Waals surface area contributed by atoms with Gasteiger partial charge in [-0.3, -0.25) is 0 Å². The highest BCUT2D eigenvalue weighted by atomic mass is 16.4. The summed E-state index contributed by atoms with van der Waals surface area (Å²) < 4.78 is 5.51. The van der Waals surface area contributed by atoms with Crippen molar-refractivity contribution in [3.05, 3.63) is 17.3 Å². The van der Waals surface area contributed by atoms with Gasteiger partial charge in [0.2, 0.25) is 5.89 Å². The highest BCUT2D eigenvalue weighted by Gasteiger charge is 2.39. The van der Waals surface area contributed by atoms with E-state index in [1.807, 2.05) is 13.8 Å². The van der Waals surface area contributed by atoms with Gasteiger partial charge in [-0.2, -0.15) is 0 Å². The maximum absolute atomic E-state index is 5.51. The molecule has 1 heterocycles. The van der Waals surface area contributed by atoms with Crippen molar-refractivity contribution < 1.29 is 4.42 Å². The quantitative estimate of drug-likeness (QED) is 0.808. The first-order chi connectivity index (χ1) is 7.15. The molecule has 0 atom stereocenters. The van der Waals surface area contributed by atoms with E-state index in [2.05, 4.69) is 17.2 Å². The van der Waals surface area contributed by atoms with Gasteiger partial charge in [-0.05, 0) is 38.5 Å². The molecule has 15 heavy (non-hydrogen) atoms. The fourth-order valence-corrected chi connectivity index (χ4v) is 1.88. The summed E-state index contributed by atoms with van der Waals surface area (Å²) in [6.07, 6.45) is 4.03. The van der Waals surface area contributed by atoms with Crippen molar-refractivity contribution in [2.75, 3.05) is 6.54 Å². The molecule has 1 fully saturated rings. The third kappa shape index (κ3) is 2.40. The van der Waals surface area contributed by atoms with E-state index in [4.69, 9.17) is 4.42 Å². The number of aromatic nitrogens is 1. The Bertz CT molecular complexity index is 320. The van der Waals surface area contributed by atoms with E-state index >= 15 is 0 Å². The van der Waals surface area contributed by atoms with Crippen molar-refractivity contribution in [2.24, 2.45) is 5.41 Å². The molecule has 0 amide bonds. The largest absolute Gasteiger partial charge is 0.444 e. The summed E-state index contributed by atoms with van der Waals surface area (Å²) in [5, 5.41) is 3.44. The lowest BCUT2D eigenvalue weighted by atomic mass is 10.0. The molecule has 0 aromatic carbocycles. The van der Waals surface area contributed by atoms with Gasteiger partial charge in [0, 0.05) is 6.54 Å². The molecule has 0 unspecified atom stereocenters. The Balaban J connectivity index is 1.78. The molecule has 0 aliphatic heterocycles. The van der Waals surface area contributed by atoms with E-state index in [9.17, 15) is 0 Å². The van der Waals surface area contributed by atoms with E-state index in [1.165, 1.54) is 19.3 Å². The Kier molecular flexibility index (Phi) is 2.83. The number of aryl methyl sites for hydroxylation is 2. The number of rotatable bonds is 5. The number of oxazole rings is 1. The second-order valence-corrected chi connectivity index (χ2v) is 4.71. The van der Waals surface area contributed by atoms with Crippen molar-refractivity contribution >= 4 is 0 Å². The molecule has 0 spiro atoms. The molecule has 0 radical (unpaired) electrons. The fraction of sp³-hybridized carbons (Fsp3) is 0.750. The fourth-order valence-electron chi connectivity index (χ4n) is 1.88. The minimum absolute atomic E-state index is 0.594. The van der Waals surface area contributed by atoms with Crippen LogP contribution in [0, 0.1) is 19.3 Å². The van der Waals surface area contributed by atoms with E-state index < -0.39 is 0 Å². The van der Waals surface area contributed by atoms with Crippen LogP contribution in [0.15, 0.2) is 4.42 Å². The lowest BCUT2D eigenvalue weighted by Gasteiger charge is -2.11. The van der Waals surface area contributed by atoms with E-state index in [-0.39, 0.29) is 0 Å². The number of hydrogen-bond acceptors (Lipinski definition) is 3. The SMILES string of the molecule is CCC1(CNCc2nc(C)c(C)o2)CC1. The molecule has 3 heteroatoms. The number of nitrogens with zero attached hydrogens (tertiary/aromatic N) is 1. The molecule has 2 rings (SSSR count). The van der Waals surface area contributed by atoms with Gasteiger partial charge in [0.1, 0.15) is 5.76 Å². The van der Waals surface area contributed by atoms with Gasteiger partial charge >= 0.3 is 0 Å². The second-order valence-electron chi connectivity index (χ2n) is 4.71. The molecule has 0 bridgehead atoms. The minimum atomic E-state index is 0.594. The van der Waals surface area contributed by atoms with Crippen molar-refractivity contribution in [1.29, 1.82) is 0 Å². The summed E-state index contributed by atoms with van der Waals surface area (Å²) in [7, 11) is 0. The van der Waals surface area contributed by atoms with Crippen LogP contribution in [0.5, 0.6) is 0 Å². The maximum atomic E-state index is 5.51. The molecule has 1 aliphatic rings. The molecule has 1 aromatic rings. The standard InChI is InChI=1S/C12H20N2O/c1-4-12(5-6-12)8-13-7-11-14-9(2)10(3)15-11/h13H,4-8H2,1-3H3. The smallest absolute Gasteiger partial charge is 0.208 e. The molecule has 1 saturated carbocycles. The Morgan fingerprint density at radius 3 is 2.60 bits per heavy atom. The van der Waals surface area contributed by atoms with Gasteiger partial charge in [0.25, 0.3) is 0 Å². The Morgan fingerprint density at radius 2 is 2.13 bits per heavy atom. The van der Waals surface area contributed by atoms with Gasteiger partial charge in [0.15, 0.2) is 0 Å². The van der Waals surface area contributed by atoms with Crippen LogP contribution in [0.3, 0.4) is 0 Å². The van der Waals surface area contributed by atoms with E-state index in [0.29, 0.717) is 5.41 Å². The zero-order valence-electron chi connectivity index (χ0n) is 9.89. The van der Waals surface area contributed by atoms with Crippen LogP contribution in [-0.2, 0) is 6.54 Å². The summed E-state index contributed by atoms with van der Waals surface area (Å²) in [4.78, 5) is 4.35. The minimum Gasteiger partial charge on any atom is -0.444 e. The lowest BCUT2D eigenvalue weighted by molar-refractivity contribution is 0.403. The third-order valence-corrected chi connectivity index (χ3v) is 3.56. The second kappa shape index (κ2) is 3.97. The average molecular weight is 208 g/mol. The molecule has 84 valence electrons. The molecule has 1 aliphatic carbocycles. The molecule has 1 N–H and O–H groups in total. The van der Waals surface area contributed by atoms with E-state index in [1.54, 1.807) is 0 Å². The summed E-state index contributed by atoms with van der Waals surface area (Å²) in [6, 6.07) is 0. The molecule has 1 aromatic heterocycles. The van der Waals surface area contributed by atoms with Crippen molar-refractivity contribution in [3.63, 3.8) is 0 Å². The Morgan fingerprint density at radius 1 is 1.40 bits per heavy atom.